The number of hydrogen-bond donors (Lipinski definition) is 6. The molecule has 0 aliphatic carbocycles. The van der Waals surface area contributed by atoms with Crippen molar-refractivity contribution in [3.05, 3.63) is 72.5 Å². The Morgan fingerprint density at radius 2 is 1.16 bits per heavy atom. The Kier molecular flexibility index (Phi) is 17.7. The predicted molar refractivity (Wildman–Crippen MR) is 215 cm³/mol. The van der Waals surface area contributed by atoms with Gasteiger partial charge in [-0.15, -0.1) is 0 Å². The number of unbranched alkanes of at least 4 members (excludes halogenated alkanes) is 3. The number of likely N-dealkylation sites (tertiary alicyclic amines) is 2. The standard InChI is InChI=1S/C41H62N10O5/c1-28(42-4)37(52)48-33(30(3)50-24-14-16-31(50)26-46-39(54)34-19-10-12-22-44-34)18-8-6-7-9-21-36(49-38(53)29(2)43-5)41(56)51-25-15-17-32(51)27-47-40(55)35-20-11-13-23-45-35/h10-13,19-20,22-23,28-29,31-33,36,42-43H,3,6-9,14-18,21,24-27H2,1-2,4-5H3,(H,46,54)(H,47,55)(H,48,52)(H,49,53)/t28-,29-,31?,32?,33?,36?/m0/s1. The molecule has 306 valence electrons. The van der Waals surface area contributed by atoms with Gasteiger partial charge >= 0.3 is 0 Å². The Morgan fingerprint density at radius 3 is 1.64 bits per heavy atom. The first-order valence-electron chi connectivity index (χ1n) is 20.1. The Morgan fingerprint density at radius 1 is 0.696 bits per heavy atom. The molecule has 2 fully saturated rings. The maximum absolute atomic E-state index is 14.0. The Labute approximate surface area is 331 Å². The molecule has 4 heterocycles. The lowest BCUT2D eigenvalue weighted by molar-refractivity contribution is -0.137. The van der Waals surface area contributed by atoms with Gasteiger partial charge in [0.15, 0.2) is 0 Å². The Balaban J connectivity index is 1.31. The molecular weight excluding hydrogens is 713 g/mol. The van der Waals surface area contributed by atoms with Gasteiger partial charge in [-0.05, 0) is 90.7 Å². The van der Waals surface area contributed by atoms with Gasteiger partial charge in [0.1, 0.15) is 17.4 Å². The number of carbonyl (C=O) groups excluding carboxylic acids is 5. The zero-order valence-corrected chi connectivity index (χ0v) is 33.5. The van der Waals surface area contributed by atoms with Gasteiger partial charge in [-0.3, -0.25) is 33.9 Å². The third-order valence-electron chi connectivity index (χ3n) is 10.9. The third kappa shape index (κ3) is 12.8. The van der Waals surface area contributed by atoms with E-state index >= 15 is 0 Å². The van der Waals surface area contributed by atoms with E-state index in [1.54, 1.807) is 74.7 Å². The minimum absolute atomic E-state index is 0.0546. The summed E-state index contributed by atoms with van der Waals surface area (Å²) in [5.74, 6) is -0.993. The fraction of sp³-hybridized carbons (Fsp3) is 0.585. The molecule has 6 N–H and O–H groups in total. The molecule has 56 heavy (non-hydrogen) atoms. The van der Waals surface area contributed by atoms with Crippen molar-refractivity contribution < 1.29 is 24.0 Å². The van der Waals surface area contributed by atoms with Crippen LogP contribution in [0.3, 0.4) is 0 Å². The molecule has 2 aromatic rings. The summed E-state index contributed by atoms with van der Waals surface area (Å²) in [5, 5.41) is 18.1. The van der Waals surface area contributed by atoms with Crippen molar-refractivity contribution >= 4 is 29.5 Å². The summed E-state index contributed by atoms with van der Waals surface area (Å²) in [5.41, 5.74) is 1.53. The number of carbonyl (C=O) groups is 5. The number of aromatic nitrogens is 2. The molecule has 15 nitrogen and oxygen atoms in total. The molecule has 0 spiro atoms. The van der Waals surface area contributed by atoms with Crippen LogP contribution in [0.4, 0.5) is 0 Å². The molecule has 2 aliphatic heterocycles. The zero-order chi connectivity index (χ0) is 40.5. The van der Waals surface area contributed by atoms with E-state index in [2.05, 4.69) is 53.3 Å². The molecule has 4 unspecified atom stereocenters. The monoisotopic (exact) mass is 774 g/mol. The summed E-state index contributed by atoms with van der Waals surface area (Å²) >= 11 is 0. The van der Waals surface area contributed by atoms with E-state index in [1.807, 2.05) is 6.92 Å². The van der Waals surface area contributed by atoms with Gasteiger partial charge in [0.05, 0.1) is 18.1 Å². The first kappa shape index (κ1) is 43.8. The molecule has 2 aromatic heterocycles. The number of rotatable bonds is 22. The topological polar surface area (TPSA) is 190 Å². The Bertz CT molecular complexity index is 1480. The van der Waals surface area contributed by atoms with Crippen LogP contribution in [-0.4, -0.2) is 126 Å². The van der Waals surface area contributed by atoms with Gasteiger partial charge in [-0.25, -0.2) is 0 Å². The summed E-state index contributed by atoms with van der Waals surface area (Å²) in [6.45, 7) is 10.1. The zero-order valence-electron chi connectivity index (χ0n) is 33.5. The van der Waals surface area contributed by atoms with E-state index in [4.69, 9.17) is 0 Å². The normalized spacial score (nSPS) is 18.7. The van der Waals surface area contributed by atoms with Gasteiger partial charge < -0.3 is 41.7 Å². The summed E-state index contributed by atoms with van der Waals surface area (Å²) < 4.78 is 0. The largest absolute Gasteiger partial charge is 0.369 e. The molecule has 6 atom stereocenters. The van der Waals surface area contributed by atoms with Gasteiger partial charge in [0.2, 0.25) is 17.7 Å². The number of nitrogens with zero attached hydrogens (tertiary/aromatic N) is 4. The van der Waals surface area contributed by atoms with Crippen LogP contribution in [0.1, 0.15) is 99.0 Å². The van der Waals surface area contributed by atoms with E-state index in [0.29, 0.717) is 43.9 Å². The van der Waals surface area contributed by atoms with Gasteiger partial charge in [-0.2, -0.15) is 0 Å². The highest BCUT2D eigenvalue weighted by atomic mass is 16.2. The van der Waals surface area contributed by atoms with E-state index < -0.39 is 12.1 Å². The van der Waals surface area contributed by atoms with E-state index in [1.165, 1.54) is 0 Å². The van der Waals surface area contributed by atoms with Crippen LogP contribution in [0, 0.1) is 0 Å². The van der Waals surface area contributed by atoms with Gasteiger partial charge in [-0.1, -0.05) is 44.4 Å². The van der Waals surface area contributed by atoms with Crippen LogP contribution in [0.15, 0.2) is 61.1 Å². The number of amides is 5. The van der Waals surface area contributed by atoms with Crippen molar-refractivity contribution in [2.24, 2.45) is 0 Å². The number of pyridine rings is 2. The predicted octanol–water partition coefficient (Wildman–Crippen LogP) is 2.13. The first-order chi connectivity index (χ1) is 27.0. The van der Waals surface area contributed by atoms with Crippen LogP contribution in [0.2, 0.25) is 0 Å². The van der Waals surface area contributed by atoms with Crippen LogP contribution >= 0.6 is 0 Å². The van der Waals surface area contributed by atoms with Gasteiger partial charge in [0, 0.05) is 56.4 Å². The summed E-state index contributed by atoms with van der Waals surface area (Å²) in [7, 11) is 3.46. The smallest absolute Gasteiger partial charge is 0.269 e. The van der Waals surface area contributed by atoms with E-state index in [0.717, 1.165) is 63.6 Å². The summed E-state index contributed by atoms with van der Waals surface area (Å²) in [6, 6.07) is 8.47. The molecule has 0 bridgehead atoms. The molecule has 5 amide bonds. The molecule has 2 saturated heterocycles. The number of likely N-dealkylation sites (N-methyl/N-ethyl adjacent to an activating group) is 2. The maximum Gasteiger partial charge on any atom is 0.269 e. The summed E-state index contributed by atoms with van der Waals surface area (Å²) in [6.07, 6.45) is 11.0. The molecule has 0 saturated carbocycles. The van der Waals surface area contributed by atoms with Crippen molar-refractivity contribution in [1.29, 1.82) is 0 Å². The number of nitrogens with one attached hydrogen (secondary N) is 6. The van der Waals surface area contributed by atoms with E-state index in [-0.39, 0.29) is 53.7 Å². The average Bonchev–Trinajstić information content (AvgIpc) is 3.91. The van der Waals surface area contributed by atoms with Crippen LogP contribution < -0.4 is 31.9 Å². The summed E-state index contributed by atoms with van der Waals surface area (Å²) in [4.78, 5) is 77.7. The van der Waals surface area contributed by atoms with Crippen molar-refractivity contribution in [2.75, 3.05) is 40.3 Å². The van der Waals surface area contributed by atoms with Crippen molar-refractivity contribution in [3.63, 3.8) is 0 Å². The molecular formula is C41H62N10O5. The molecule has 0 radical (unpaired) electrons. The highest BCUT2D eigenvalue weighted by Crippen LogP contribution is 2.26. The maximum atomic E-state index is 14.0. The minimum atomic E-state index is -0.689. The highest BCUT2D eigenvalue weighted by Gasteiger charge is 2.35. The fourth-order valence-corrected chi connectivity index (χ4v) is 7.25. The average molecular weight is 775 g/mol. The van der Waals surface area contributed by atoms with Crippen molar-refractivity contribution in [1.82, 2.24) is 51.7 Å². The second kappa shape index (κ2) is 22.6. The molecule has 2 aliphatic rings. The lowest BCUT2D eigenvalue weighted by Gasteiger charge is -2.34. The second-order valence-electron chi connectivity index (χ2n) is 14.8. The van der Waals surface area contributed by atoms with Gasteiger partial charge in [0.25, 0.3) is 11.8 Å². The van der Waals surface area contributed by atoms with Crippen molar-refractivity contribution in [2.45, 2.75) is 114 Å². The first-order valence-corrected chi connectivity index (χ1v) is 20.1. The van der Waals surface area contributed by atoms with Crippen LogP contribution in [0.25, 0.3) is 0 Å². The fourth-order valence-electron chi connectivity index (χ4n) is 7.25. The van der Waals surface area contributed by atoms with Crippen LogP contribution in [0.5, 0.6) is 0 Å². The van der Waals surface area contributed by atoms with E-state index in [9.17, 15) is 24.0 Å². The highest BCUT2D eigenvalue weighted by molar-refractivity contribution is 5.93. The molecule has 4 rings (SSSR count). The molecule has 15 heteroatoms. The van der Waals surface area contributed by atoms with Crippen molar-refractivity contribution in [3.8, 4) is 0 Å². The third-order valence-corrected chi connectivity index (χ3v) is 10.9. The molecule has 0 aromatic carbocycles. The lowest BCUT2D eigenvalue weighted by Crippen LogP contribution is -2.54. The Hall–Kier alpha value is -4.89. The SMILES string of the molecule is C=C(C(CCCCCCC(NC(=O)[C@H](C)NC)C(=O)N1CCCC1CNC(=O)c1ccccn1)NC(=O)[C@H](C)NC)N1CCCC1CNC(=O)c1ccccn1. The quantitative estimate of drug-likeness (QED) is 0.0968. The second-order valence-corrected chi connectivity index (χ2v) is 14.8. The lowest BCUT2D eigenvalue weighted by atomic mass is 10.0. The van der Waals surface area contributed by atoms with Crippen LogP contribution in [-0.2, 0) is 14.4 Å². The number of hydrogen-bond acceptors (Lipinski definition) is 10. The minimum Gasteiger partial charge on any atom is -0.369 e.